The minimum absolute atomic E-state index is 0.522. The third kappa shape index (κ3) is 4.93. The molecule has 1 aromatic heterocycles. The number of rotatable bonds is 4. The van der Waals surface area contributed by atoms with Crippen LogP contribution in [0.5, 0.6) is 0 Å². The fourth-order valence-corrected chi connectivity index (χ4v) is 4.59. The molecule has 0 aromatic carbocycles. The average molecular weight is 362 g/mol. The van der Waals surface area contributed by atoms with Gasteiger partial charge in [-0.3, -0.25) is 0 Å². The number of nitrogens with zero attached hydrogens (tertiary/aromatic N) is 5. The molecular weight excluding hydrogens is 326 g/mol. The number of aromatic nitrogens is 2. The third-order valence-corrected chi connectivity index (χ3v) is 5.80. The minimum Gasteiger partial charge on any atom is -0.389 e. The maximum atomic E-state index is 10.9. The summed E-state index contributed by atoms with van der Waals surface area (Å²) in [6.07, 6.45) is 5.19. The molecule has 1 N–H and O–H groups in total. The molecule has 1 atom stereocenters. The number of hydrogen-bond acceptors (Lipinski definition) is 6. The number of piperidine rings is 1. The lowest BCUT2D eigenvalue weighted by molar-refractivity contribution is 0.00144. The Morgan fingerprint density at radius 2 is 1.73 bits per heavy atom. The van der Waals surface area contributed by atoms with Crippen LogP contribution < -0.4 is 4.90 Å². The molecule has 3 heterocycles. The lowest BCUT2D eigenvalue weighted by Crippen LogP contribution is -2.46. The fourth-order valence-electron chi connectivity index (χ4n) is 4.59. The summed E-state index contributed by atoms with van der Waals surface area (Å²) in [7, 11) is 4.09. The van der Waals surface area contributed by atoms with Gasteiger partial charge in [-0.1, -0.05) is 0 Å². The summed E-state index contributed by atoms with van der Waals surface area (Å²) in [6, 6.07) is 2.65. The van der Waals surface area contributed by atoms with E-state index < -0.39 is 5.60 Å². The lowest BCUT2D eigenvalue weighted by atomic mass is 9.94. The summed E-state index contributed by atoms with van der Waals surface area (Å²) >= 11 is 0. The molecule has 26 heavy (non-hydrogen) atoms. The average Bonchev–Trinajstić information content (AvgIpc) is 2.75. The molecule has 1 unspecified atom stereocenters. The second kappa shape index (κ2) is 8.19. The Hall–Kier alpha value is -1.24. The van der Waals surface area contributed by atoms with Crippen molar-refractivity contribution in [1.29, 1.82) is 0 Å². The van der Waals surface area contributed by atoms with Gasteiger partial charge in [-0.25, -0.2) is 9.97 Å². The number of anilines is 1. The van der Waals surface area contributed by atoms with Gasteiger partial charge >= 0.3 is 0 Å². The summed E-state index contributed by atoms with van der Waals surface area (Å²) in [5.41, 5.74) is 1.57. The predicted octanol–water partition coefficient (Wildman–Crippen LogP) is 1.84. The van der Waals surface area contributed by atoms with E-state index in [1.54, 1.807) is 0 Å². The zero-order chi connectivity index (χ0) is 18.7. The van der Waals surface area contributed by atoms with Crippen LogP contribution in [0.15, 0.2) is 6.07 Å². The quantitative estimate of drug-likeness (QED) is 0.883. The largest absolute Gasteiger partial charge is 0.389 e. The normalized spacial score (nSPS) is 26.3. The van der Waals surface area contributed by atoms with Gasteiger partial charge in [0.25, 0.3) is 0 Å². The van der Waals surface area contributed by atoms with Crippen molar-refractivity contribution >= 4 is 5.95 Å². The topological polar surface area (TPSA) is 55.7 Å². The molecule has 0 bridgehead atoms. The molecule has 2 aliphatic rings. The van der Waals surface area contributed by atoms with Gasteiger partial charge in [-0.05, 0) is 72.7 Å². The minimum atomic E-state index is -0.522. The zero-order valence-corrected chi connectivity index (χ0v) is 16.9. The highest BCUT2D eigenvalue weighted by molar-refractivity contribution is 5.32. The number of likely N-dealkylation sites (N-methyl/N-ethyl adjacent to an activating group) is 1. The van der Waals surface area contributed by atoms with E-state index in [2.05, 4.69) is 24.7 Å². The van der Waals surface area contributed by atoms with E-state index in [0.717, 1.165) is 82.2 Å². The van der Waals surface area contributed by atoms with Crippen molar-refractivity contribution in [3.8, 4) is 0 Å². The van der Waals surface area contributed by atoms with Gasteiger partial charge in [0.05, 0.1) is 5.60 Å². The summed E-state index contributed by atoms with van der Waals surface area (Å²) < 4.78 is 0. The number of aliphatic hydroxyl groups is 1. The first-order valence-electron chi connectivity index (χ1n) is 10.0. The Balaban J connectivity index is 1.55. The smallest absolute Gasteiger partial charge is 0.225 e. The monoisotopic (exact) mass is 361 g/mol. The Morgan fingerprint density at radius 3 is 2.35 bits per heavy atom. The third-order valence-electron chi connectivity index (χ3n) is 5.80. The van der Waals surface area contributed by atoms with Crippen LogP contribution in [0.3, 0.4) is 0 Å². The molecule has 146 valence electrons. The van der Waals surface area contributed by atoms with Gasteiger partial charge in [-0.2, -0.15) is 0 Å². The molecule has 1 aromatic rings. The van der Waals surface area contributed by atoms with E-state index in [-0.39, 0.29) is 0 Å². The molecular formula is C20H35N5O. The van der Waals surface area contributed by atoms with Crippen LogP contribution >= 0.6 is 0 Å². The highest BCUT2D eigenvalue weighted by Crippen LogP contribution is 2.27. The second-order valence-corrected chi connectivity index (χ2v) is 8.52. The maximum absolute atomic E-state index is 10.9. The molecule has 0 saturated carbocycles. The van der Waals surface area contributed by atoms with Crippen LogP contribution in [0, 0.1) is 13.8 Å². The van der Waals surface area contributed by atoms with Crippen molar-refractivity contribution in [2.45, 2.75) is 57.6 Å². The van der Waals surface area contributed by atoms with Crippen LogP contribution in [0.1, 0.15) is 43.5 Å². The zero-order valence-electron chi connectivity index (χ0n) is 16.9. The molecule has 0 spiro atoms. The van der Waals surface area contributed by atoms with E-state index >= 15 is 0 Å². The Morgan fingerprint density at radius 1 is 1.08 bits per heavy atom. The maximum Gasteiger partial charge on any atom is 0.225 e. The first-order valence-corrected chi connectivity index (χ1v) is 10.0. The van der Waals surface area contributed by atoms with Gasteiger partial charge in [0.15, 0.2) is 0 Å². The molecule has 2 fully saturated rings. The van der Waals surface area contributed by atoms with Gasteiger partial charge < -0.3 is 19.8 Å². The molecule has 3 rings (SSSR count). The molecule has 2 saturated heterocycles. The lowest BCUT2D eigenvalue weighted by Gasteiger charge is -2.38. The van der Waals surface area contributed by atoms with Gasteiger partial charge in [-0.15, -0.1) is 0 Å². The van der Waals surface area contributed by atoms with Crippen LogP contribution in [0.4, 0.5) is 5.95 Å². The first kappa shape index (κ1) is 19.5. The number of aryl methyl sites for hydroxylation is 2. The van der Waals surface area contributed by atoms with Crippen LogP contribution in [0.2, 0.25) is 0 Å². The Bertz CT molecular complexity index is 580. The SMILES string of the molecule is Cc1cc(C)nc(N2CCC(N3CCCC(O)(CN(C)C)CC3)CC2)n1. The first-order chi connectivity index (χ1) is 12.3. The molecule has 6 heteroatoms. The van der Waals surface area contributed by atoms with Gasteiger partial charge in [0.2, 0.25) is 5.95 Å². The number of hydrogen-bond donors (Lipinski definition) is 1. The van der Waals surface area contributed by atoms with Crippen molar-refractivity contribution in [1.82, 2.24) is 19.8 Å². The van der Waals surface area contributed by atoms with Crippen LogP contribution in [-0.4, -0.2) is 83.3 Å². The van der Waals surface area contributed by atoms with Gasteiger partial charge in [0.1, 0.15) is 0 Å². The molecule has 0 radical (unpaired) electrons. The molecule has 6 nitrogen and oxygen atoms in total. The van der Waals surface area contributed by atoms with Crippen LogP contribution in [0.25, 0.3) is 0 Å². The van der Waals surface area contributed by atoms with Crippen molar-refractivity contribution in [3.05, 3.63) is 17.5 Å². The van der Waals surface area contributed by atoms with Crippen LogP contribution in [-0.2, 0) is 0 Å². The van der Waals surface area contributed by atoms with E-state index in [1.165, 1.54) is 0 Å². The van der Waals surface area contributed by atoms with Crippen molar-refractivity contribution in [2.75, 3.05) is 51.7 Å². The second-order valence-electron chi connectivity index (χ2n) is 8.52. The summed E-state index contributed by atoms with van der Waals surface area (Å²) in [6.45, 7) is 9.00. The fraction of sp³-hybridized carbons (Fsp3) is 0.800. The summed E-state index contributed by atoms with van der Waals surface area (Å²) in [5, 5.41) is 10.9. The van der Waals surface area contributed by atoms with Crippen molar-refractivity contribution in [3.63, 3.8) is 0 Å². The Labute approximate surface area is 158 Å². The van der Waals surface area contributed by atoms with E-state index in [0.29, 0.717) is 6.04 Å². The predicted molar refractivity (Wildman–Crippen MR) is 106 cm³/mol. The summed E-state index contributed by atoms with van der Waals surface area (Å²) in [4.78, 5) is 16.3. The van der Waals surface area contributed by atoms with E-state index in [9.17, 15) is 5.11 Å². The number of likely N-dealkylation sites (tertiary alicyclic amines) is 1. The summed E-state index contributed by atoms with van der Waals surface area (Å²) in [5.74, 6) is 0.886. The van der Waals surface area contributed by atoms with Gasteiger partial charge in [0, 0.05) is 43.6 Å². The van der Waals surface area contributed by atoms with Crippen molar-refractivity contribution < 1.29 is 5.11 Å². The highest BCUT2D eigenvalue weighted by Gasteiger charge is 2.33. The standard InChI is InChI=1S/C20H35N5O/c1-16-14-17(2)22-19(21-16)25-11-6-18(7-12-25)24-10-5-8-20(26,9-13-24)15-23(3)4/h14,18,26H,5-13,15H2,1-4H3. The highest BCUT2D eigenvalue weighted by atomic mass is 16.3. The molecule has 0 amide bonds. The molecule has 2 aliphatic heterocycles. The molecule has 0 aliphatic carbocycles. The Kier molecular flexibility index (Phi) is 6.15. The van der Waals surface area contributed by atoms with Crippen molar-refractivity contribution in [2.24, 2.45) is 0 Å². The van der Waals surface area contributed by atoms with E-state index in [4.69, 9.17) is 0 Å². The van der Waals surface area contributed by atoms with E-state index in [1.807, 2.05) is 34.0 Å².